The molecule has 0 saturated heterocycles. The first-order chi connectivity index (χ1) is 13.8. The highest BCUT2D eigenvalue weighted by Gasteiger charge is 2.26. The minimum Gasteiger partial charge on any atom is -0.497 e. The molecule has 1 aromatic carbocycles. The van der Waals surface area contributed by atoms with Crippen molar-refractivity contribution in [2.75, 3.05) is 7.11 Å². The summed E-state index contributed by atoms with van der Waals surface area (Å²) in [6, 6.07) is 11.6. The Morgan fingerprint density at radius 3 is 2.86 bits per heavy atom. The third-order valence-corrected chi connectivity index (χ3v) is 4.77. The molecule has 0 radical (unpaired) electrons. The molecule has 140 valence electrons. The number of benzene rings is 1. The Morgan fingerprint density at radius 2 is 2.07 bits per heavy atom. The lowest BCUT2D eigenvalue weighted by Crippen LogP contribution is -2.20. The van der Waals surface area contributed by atoms with E-state index in [1.807, 2.05) is 36.4 Å². The minimum absolute atomic E-state index is 0.0471. The lowest BCUT2D eigenvalue weighted by Gasteiger charge is -2.25. The zero-order valence-corrected chi connectivity index (χ0v) is 15.1. The Kier molecular flexibility index (Phi) is 4.10. The van der Waals surface area contributed by atoms with Crippen molar-refractivity contribution in [1.82, 2.24) is 24.7 Å². The Morgan fingerprint density at radius 1 is 1.18 bits per heavy atom. The Balaban J connectivity index is 1.39. The molecule has 0 saturated carbocycles. The highest BCUT2D eigenvalue weighted by atomic mass is 16.5. The number of fused-ring (bicyclic) bond motifs is 1. The smallest absolute Gasteiger partial charge is 0.278 e. The van der Waals surface area contributed by atoms with E-state index in [2.05, 4.69) is 24.7 Å². The van der Waals surface area contributed by atoms with Gasteiger partial charge in [0.1, 0.15) is 11.9 Å². The average Bonchev–Trinajstić information content (AvgIpc) is 3.41. The van der Waals surface area contributed by atoms with Crippen LogP contribution in [-0.2, 0) is 17.9 Å². The Bertz CT molecular complexity index is 1090. The quantitative estimate of drug-likeness (QED) is 0.541. The van der Waals surface area contributed by atoms with E-state index in [0.29, 0.717) is 30.6 Å². The van der Waals surface area contributed by atoms with Crippen LogP contribution in [0.15, 0.2) is 59.6 Å². The molecule has 1 aliphatic rings. The average molecular weight is 375 g/mol. The van der Waals surface area contributed by atoms with Crippen LogP contribution in [-0.4, -0.2) is 31.8 Å². The van der Waals surface area contributed by atoms with E-state index in [-0.39, 0.29) is 6.10 Å². The van der Waals surface area contributed by atoms with Crippen molar-refractivity contribution >= 4 is 0 Å². The predicted molar refractivity (Wildman–Crippen MR) is 99.3 cm³/mol. The fraction of sp³-hybridized carbons (Fsp3) is 0.200. The highest BCUT2D eigenvalue weighted by molar-refractivity contribution is 5.58. The van der Waals surface area contributed by atoms with Crippen LogP contribution in [0.5, 0.6) is 5.75 Å². The van der Waals surface area contributed by atoms with Gasteiger partial charge in [0.05, 0.1) is 32.3 Å². The van der Waals surface area contributed by atoms with Crippen molar-refractivity contribution in [2.45, 2.75) is 19.3 Å². The number of hydrogen-bond donors (Lipinski definition) is 0. The molecule has 1 atom stereocenters. The summed E-state index contributed by atoms with van der Waals surface area (Å²) in [6.45, 7) is 1.08. The van der Waals surface area contributed by atoms with Crippen LogP contribution in [0.25, 0.3) is 23.0 Å². The van der Waals surface area contributed by atoms with Gasteiger partial charge >= 0.3 is 0 Å². The van der Waals surface area contributed by atoms with Crippen molar-refractivity contribution in [3.8, 4) is 28.7 Å². The van der Waals surface area contributed by atoms with Gasteiger partial charge in [-0.25, -0.2) is 4.98 Å². The maximum atomic E-state index is 6.07. The van der Waals surface area contributed by atoms with Gasteiger partial charge in [-0.15, -0.1) is 0 Å². The zero-order chi connectivity index (χ0) is 18.9. The van der Waals surface area contributed by atoms with E-state index in [0.717, 1.165) is 22.6 Å². The molecule has 0 amide bonds. The maximum absolute atomic E-state index is 6.07. The van der Waals surface area contributed by atoms with Crippen molar-refractivity contribution in [3.05, 3.63) is 66.4 Å². The topological polar surface area (TPSA) is 88.1 Å². The minimum atomic E-state index is -0.0471. The molecule has 4 aromatic rings. The van der Waals surface area contributed by atoms with Gasteiger partial charge in [0.2, 0.25) is 5.82 Å². The van der Waals surface area contributed by atoms with E-state index in [9.17, 15) is 0 Å². The second-order valence-corrected chi connectivity index (χ2v) is 6.43. The first-order valence-electron chi connectivity index (χ1n) is 8.86. The van der Waals surface area contributed by atoms with Crippen molar-refractivity contribution in [2.24, 2.45) is 0 Å². The van der Waals surface area contributed by atoms with Gasteiger partial charge in [0, 0.05) is 18.0 Å². The van der Waals surface area contributed by atoms with Gasteiger partial charge in [-0.2, -0.15) is 4.98 Å². The molecule has 28 heavy (non-hydrogen) atoms. The highest BCUT2D eigenvalue weighted by Crippen LogP contribution is 2.32. The van der Waals surface area contributed by atoms with Crippen molar-refractivity contribution < 1.29 is 14.0 Å². The summed E-state index contributed by atoms with van der Waals surface area (Å²) in [4.78, 5) is 13.0. The standard InChI is InChI=1S/C20H17N5O3/c1-26-15-6-4-13(5-7-15)17-10-25-12-22-18(16(25)11-27-17)20-23-19(24-28-20)14-3-2-8-21-9-14/h2-9,12,17H,10-11H2,1H3. The van der Waals surface area contributed by atoms with E-state index in [1.54, 1.807) is 25.8 Å². The summed E-state index contributed by atoms with van der Waals surface area (Å²) < 4.78 is 18.8. The number of methoxy groups -OCH3 is 1. The zero-order valence-electron chi connectivity index (χ0n) is 15.1. The van der Waals surface area contributed by atoms with Crippen LogP contribution >= 0.6 is 0 Å². The van der Waals surface area contributed by atoms with Gasteiger partial charge in [-0.1, -0.05) is 17.3 Å². The van der Waals surface area contributed by atoms with Crippen LogP contribution in [0.4, 0.5) is 0 Å². The summed E-state index contributed by atoms with van der Waals surface area (Å²) in [7, 11) is 1.66. The third-order valence-electron chi connectivity index (χ3n) is 4.77. The molecule has 8 heteroatoms. The number of aromatic nitrogens is 5. The molecule has 0 fully saturated rings. The third kappa shape index (κ3) is 2.93. The second-order valence-electron chi connectivity index (χ2n) is 6.43. The number of ether oxygens (including phenoxy) is 2. The predicted octanol–water partition coefficient (Wildman–Crippen LogP) is 3.28. The normalized spacial score (nSPS) is 16.0. The fourth-order valence-electron chi connectivity index (χ4n) is 3.26. The summed E-state index contributed by atoms with van der Waals surface area (Å²) in [5, 5.41) is 4.04. The molecule has 0 spiro atoms. The molecule has 0 N–H and O–H groups in total. The van der Waals surface area contributed by atoms with Gasteiger partial charge in [0.15, 0.2) is 5.69 Å². The second kappa shape index (κ2) is 6.90. The molecule has 5 rings (SSSR count). The summed E-state index contributed by atoms with van der Waals surface area (Å²) in [6.07, 6.45) is 5.14. The Hall–Kier alpha value is -3.52. The van der Waals surface area contributed by atoms with Crippen LogP contribution < -0.4 is 4.74 Å². The first kappa shape index (κ1) is 16.6. The molecule has 1 aliphatic heterocycles. The molecule has 0 bridgehead atoms. The molecule has 8 nitrogen and oxygen atoms in total. The molecular weight excluding hydrogens is 358 g/mol. The van der Waals surface area contributed by atoms with Crippen molar-refractivity contribution in [3.63, 3.8) is 0 Å². The molecule has 0 aliphatic carbocycles. The summed E-state index contributed by atoms with van der Waals surface area (Å²) in [5.74, 6) is 1.68. The van der Waals surface area contributed by atoms with E-state index in [4.69, 9.17) is 14.0 Å². The monoisotopic (exact) mass is 375 g/mol. The van der Waals surface area contributed by atoms with Crippen LogP contribution in [0.2, 0.25) is 0 Å². The van der Waals surface area contributed by atoms with Crippen LogP contribution in [0.3, 0.4) is 0 Å². The molecule has 3 aromatic heterocycles. The summed E-state index contributed by atoms with van der Waals surface area (Å²) >= 11 is 0. The van der Waals surface area contributed by atoms with E-state index in [1.165, 1.54) is 0 Å². The van der Waals surface area contributed by atoms with Gasteiger partial charge in [-0.3, -0.25) is 4.98 Å². The lowest BCUT2D eigenvalue weighted by atomic mass is 10.1. The largest absolute Gasteiger partial charge is 0.497 e. The first-order valence-corrected chi connectivity index (χ1v) is 8.86. The van der Waals surface area contributed by atoms with Gasteiger partial charge in [-0.05, 0) is 29.8 Å². The van der Waals surface area contributed by atoms with Gasteiger partial charge in [0.25, 0.3) is 5.89 Å². The lowest BCUT2D eigenvalue weighted by molar-refractivity contribution is 0.00328. The SMILES string of the molecule is COc1ccc(C2Cn3cnc(-c4nc(-c5cccnc5)no4)c3CO2)cc1. The molecular formula is C20H17N5O3. The number of nitrogens with zero attached hydrogens (tertiary/aromatic N) is 5. The van der Waals surface area contributed by atoms with Crippen LogP contribution in [0, 0.1) is 0 Å². The number of imidazole rings is 1. The van der Waals surface area contributed by atoms with Crippen molar-refractivity contribution in [1.29, 1.82) is 0 Å². The fourth-order valence-corrected chi connectivity index (χ4v) is 3.26. The van der Waals surface area contributed by atoms with E-state index < -0.39 is 0 Å². The van der Waals surface area contributed by atoms with Crippen LogP contribution in [0.1, 0.15) is 17.4 Å². The maximum Gasteiger partial charge on any atom is 0.278 e. The van der Waals surface area contributed by atoms with Gasteiger partial charge < -0.3 is 18.6 Å². The summed E-state index contributed by atoms with van der Waals surface area (Å²) in [5.41, 5.74) is 3.46. The molecule has 4 heterocycles. The number of rotatable bonds is 4. The molecule has 1 unspecified atom stereocenters. The number of hydrogen-bond acceptors (Lipinski definition) is 7. The Labute approximate surface area is 160 Å². The number of pyridine rings is 1. The van der Waals surface area contributed by atoms with E-state index >= 15 is 0 Å².